The molecule has 1 heterocycles. The van der Waals surface area contributed by atoms with Crippen molar-refractivity contribution in [3.63, 3.8) is 0 Å². The van der Waals surface area contributed by atoms with Gasteiger partial charge < -0.3 is 4.90 Å². The molecule has 0 unspecified atom stereocenters. The van der Waals surface area contributed by atoms with Gasteiger partial charge in [-0.2, -0.15) is 4.98 Å². The summed E-state index contributed by atoms with van der Waals surface area (Å²) in [5.74, 6) is 2.40. The topological polar surface area (TPSA) is 60.1 Å². The van der Waals surface area contributed by atoms with Crippen molar-refractivity contribution in [3.05, 3.63) is 21.0 Å². The highest BCUT2D eigenvalue weighted by Crippen LogP contribution is 2.48. The van der Waals surface area contributed by atoms with E-state index in [9.17, 15) is 9.59 Å². The number of aromatic nitrogens is 3. The van der Waals surface area contributed by atoms with E-state index in [0.717, 1.165) is 12.3 Å². The lowest BCUT2D eigenvalue weighted by Gasteiger charge is -2.22. The summed E-state index contributed by atoms with van der Waals surface area (Å²) in [5, 5.41) is 0. The van der Waals surface area contributed by atoms with Crippen LogP contribution >= 0.6 is 0 Å². The SMILES string of the molecule is CN(C)c1nc(=O)n(C[C@H]2C[C@H]3CC[C@H]2C3)c(=O)n1C. The predicted molar refractivity (Wildman–Crippen MR) is 77.0 cm³/mol. The summed E-state index contributed by atoms with van der Waals surface area (Å²) in [6, 6.07) is 0. The first-order chi connectivity index (χ1) is 9.47. The third kappa shape index (κ3) is 2.07. The second-order valence-electron chi connectivity index (χ2n) is 6.48. The number of hydrogen-bond donors (Lipinski definition) is 0. The van der Waals surface area contributed by atoms with Gasteiger partial charge in [-0.3, -0.25) is 4.57 Å². The highest BCUT2D eigenvalue weighted by atomic mass is 16.2. The standard InChI is InChI=1S/C14H22N4O2/c1-16(2)12-15-13(19)18(14(20)17(12)3)8-11-7-9-4-5-10(11)6-9/h9-11H,4-8H2,1-3H3/t9-,10-,11+/m0/s1. The van der Waals surface area contributed by atoms with Gasteiger partial charge in [0.2, 0.25) is 5.95 Å². The molecular formula is C14H22N4O2. The number of fused-ring (bicyclic) bond motifs is 2. The number of anilines is 1. The zero-order valence-electron chi connectivity index (χ0n) is 12.4. The molecule has 2 aliphatic carbocycles. The molecule has 0 radical (unpaired) electrons. The van der Waals surface area contributed by atoms with E-state index in [1.807, 2.05) is 0 Å². The van der Waals surface area contributed by atoms with E-state index in [2.05, 4.69) is 4.98 Å². The van der Waals surface area contributed by atoms with Crippen LogP contribution in [0.1, 0.15) is 25.7 Å². The van der Waals surface area contributed by atoms with Crippen molar-refractivity contribution in [2.45, 2.75) is 32.2 Å². The minimum Gasteiger partial charge on any atom is -0.348 e. The summed E-state index contributed by atoms with van der Waals surface area (Å²) in [6.07, 6.45) is 5.03. The van der Waals surface area contributed by atoms with Gasteiger partial charge in [0.05, 0.1) is 0 Å². The summed E-state index contributed by atoms with van der Waals surface area (Å²) in [6.45, 7) is 0.535. The normalized spacial score (nSPS) is 28.1. The van der Waals surface area contributed by atoms with Crippen molar-refractivity contribution in [2.24, 2.45) is 24.8 Å². The zero-order chi connectivity index (χ0) is 14.4. The molecular weight excluding hydrogens is 256 g/mol. The van der Waals surface area contributed by atoms with E-state index in [0.29, 0.717) is 24.3 Å². The Balaban J connectivity index is 1.93. The number of nitrogens with zero attached hydrogens (tertiary/aromatic N) is 4. The van der Waals surface area contributed by atoms with Crippen LogP contribution in [0, 0.1) is 17.8 Å². The Morgan fingerprint density at radius 1 is 1.25 bits per heavy atom. The molecule has 2 aliphatic rings. The minimum atomic E-state index is -0.417. The summed E-state index contributed by atoms with van der Waals surface area (Å²) in [7, 11) is 5.23. The molecule has 2 saturated carbocycles. The molecule has 6 heteroatoms. The maximum atomic E-state index is 12.4. The van der Waals surface area contributed by atoms with Crippen LogP contribution in [0.4, 0.5) is 5.95 Å². The molecule has 0 aliphatic heterocycles. The van der Waals surface area contributed by atoms with Crippen LogP contribution in [0.3, 0.4) is 0 Å². The quantitative estimate of drug-likeness (QED) is 0.805. The van der Waals surface area contributed by atoms with Crippen molar-refractivity contribution in [3.8, 4) is 0 Å². The maximum Gasteiger partial charge on any atom is 0.354 e. The molecule has 0 N–H and O–H groups in total. The Kier molecular flexibility index (Phi) is 3.18. The average Bonchev–Trinajstić information content (AvgIpc) is 3.00. The van der Waals surface area contributed by atoms with Crippen LogP contribution in [0.2, 0.25) is 0 Å². The average molecular weight is 278 g/mol. The van der Waals surface area contributed by atoms with Gasteiger partial charge in [-0.15, -0.1) is 0 Å². The Morgan fingerprint density at radius 3 is 2.55 bits per heavy atom. The molecule has 6 nitrogen and oxygen atoms in total. The summed E-state index contributed by atoms with van der Waals surface area (Å²) >= 11 is 0. The van der Waals surface area contributed by atoms with Gasteiger partial charge >= 0.3 is 11.4 Å². The maximum absolute atomic E-state index is 12.4. The van der Waals surface area contributed by atoms with Crippen molar-refractivity contribution in [1.29, 1.82) is 0 Å². The van der Waals surface area contributed by atoms with Gasteiger partial charge in [-0.05, 0) is 37.0 Å². The van der Waals surface area contributed by atoms with Crippen molar-refractivity contribution in [2.75, 3.05) is 19.0 Å². The second-order valence-corrected chi connectivity index (χ2v) is 6.48. The molecule has 1 aromatic rings. The highest BCUT2D eigenvalue weighted by molar-refractivity contribution is 5.25. The largest absolute Gasteiger partial charge is 0.354 e. The third-order valence-corrected chi connectivity index (χ3v) is 4.95. The van der Waals surface area contributed by atoms with Crippen LogP contribution in [-0.2, 0) is 13.6 Å². The fourth-order valence-corrected chi connectivity index (χ4v) is 3.96. The van der Waals surface area contributed by atoms with E-state index in [4.69, 9.17) is 0 Å². The first-order valence-electron chi connectivity index (χ1n) is 7.32. The van der Waals surface area contributed by atoms with Crippen LogP contribution < -0.4 is 16.3 Å². The lowest BCUT2D eigenvalue weighted by Crippen LogP contribution is -2.44. The molecule has 110 valence electrons. The molecule has 0 aromatic carbocycles. The van der Waals surface area contributed by atoms with Crippen molar-refractivity contribution < 1.29 is 0 Å². The summed E-state index contributed by atoms with van der Waals surface area (Å²) in [4.78, 5) is 30.2. The molecule has 0 spiro atoms. The zero-order valence-corrected chi connectivity index (χ0v) is 12.4. The van der Waals surface area contributed by atoms with Crippen molar-refractivity contribution >= 4 is 5.95 Å². The van der Waals surface area contributed by atoms with E-state index < -0.39 is 5.69 Å². The van der Waals surface area contributed by atoms with E-state index in [1.165, 1.54) is 28.4 Å². The van der Waals surface area contributed by atoms with Gasteiger partial charge in [0, 0.05) is 27.7 Å². The van der Waals surface area contributed by atoms with E-state index in [1.54, 1.807) is 26.0 Å². The van der Waals surface area contributed by atoms with Gasteiger partial charge in [0.25, 0.3) is 0 Å². The van der Waals surface area contributed by atoms with E-state index in [-0.39, 0.29) is 5.69 Å². The Labute approximate surface area is 118 Å². The molecule has 0 saturated heterocycles. The second kappa shape index (κ2) is 4.75. The highest BCUT2D eigenvalue weighted by Gasteiger charge is 2.39. The monoisotopic (exact) mass is 278 g/mol. The molecule has 3 atom stereocenters. The molecule has 3 rings (SSSR count). The van der Waals surface area contributed by atoms with Crippen LogP contribution in [-0.4, -0.2) is 28.2 Å². The molecule has 2 fully saturated rings. The Morgan fingerprint density at radius 2 is 2.00 bits per heavy atom. The summed E-state index contributed by atoms with van der Waals surface area (Å²) < 4.78 is 2.77. The summed E-state index contributed by atoms with van der Waals surface area (Å²) in [5.41, 5.74) is -0.670. The first kappa shape index (κ1) is 13.4. The molecule has 0 amide bonds. The van der Waals surface area contributed by atoms with Crippen LogP contribution in [0.25, 0.3) is 0 Å². The smallest absolute Gasteiger partial charge is 0.348 e. The van der Waals surface area contributed by atoms with Gasteiger partial charge in [-0.1, -0.05) is 6.42 Å². The molecule has 2 bridgehead atoms. The Hall–Kier alpha value is -1.59. The van der Waals surface area contributed by atoms with Crippen LogP contribution in [0.5, 0.6) is 0 Å². The number of rotatable bonds is 3. The lowest BCUT2D eigenvalue weighted by molar-refractivity contribution is 0.285. The molecule has 20 heavy (non-hydrogen) atoms. The fraction of sp³-hybridized carbons (Fsp3) is 0.786. The van der Waals surface area contributed by atoms with Gasteiger partial charge in [-0.25, -0.2) is 14.2 Å². The predicted octanol–water partition coefficient (Wildman–Crippen LogP) is 0.444. The minimum absolute atomic E-state index is 0.253. The van der Waals surface area contributed by atoms with E-state index >= 15 is 0 Å². The van der Waals surface area contributed by atoms with Crippen LogP contribution in [0.15, 0.2) is 9.59 Å². The lowest BCUT2D eigenvalue weighted by atomic mass is 9.89. The fourth-order valence-electron chi connectivity index (χ4n) is 3.96. The van der Waals surface area contributed by atoms with Gasteiger partial charge in [0.1, 0.15) is 0 Å². The Bertz CT molecular complexity index is 631. The first-order valence-corrected chi connectivity index (χ1v) is 7.32. The van der Waals surface area contributed by atoms with Gasteiger partial charge in [0.15, 0.2) is 0 Å². The third-order valence-electron chi connectivity index (χ3n) is 4.95. The van der Waals surface area contributed by atoms with Crippen molar-refractivity contribution in [1.82, 2.24) is 14.1 Å². The molecule has 1 aromatic heterocycles. The number of hydrogen-bond acceptors (Lipinski definition) is 4.